The monoisotopic (exact) mass is 320 g/mol. The molecule has 1 amide bonds. The van der Waals surface area contributed by atoms with E-state index in [1.165, 1.54) is 13.8 Å². The summed E-state index contributed by atoms with van der Waals surface area (Å²) in [5, 5.41) is 2.75. The number of hydrogen-bond acceptors (Lipinski definition) is 5. The van der Waals surface area contributed by atoms with Crippen molar-refractivity contribution in [3.63, 3.8) is 0 Å². The number of carbonyl (C=O) groups is 2. The third-order valence-electron chi connectivity index (χ3n) is 2.94. The lowest BCUT2D eigenvalue weighted by molar-refractivity contribution is -0.140. The summed E-state index contributed by atoms with van der Waals surface area (Å²) in [6, 6.07) is 5.43. The van der Waals surface area contributed by atoms with E-state index in [9.17, 15) is 9.59 Å². The first-order chi connectivity index (χ1) is 11.0. The zero-order valence-electron chi connectivity index (χ0n) is 13.9. The van der Waals surface area contributed by atoms with Crippen molar-refractivity contribution in [2.75, 3.05) is 36.5 Å². The summed E-state index contributed by atoms with van der Waals surface area (Å²) in [7, 11) is 0. The molecular weight excluding hydrogens is 296 g/mol. The molecule has 126 valence electrons. The summed E-state index contributed by atoms with van der Waals surface area (Å²) in [5.74, 6) is 0.238. The van der Waals surface area contributed by atoms with E-state index in [0.717, 1.165) is 5.69 Å². The van der Waals surface area contributed by atoms with Gasteiger partial charge in [-0.3, -0.25) is 9.59 Å². The quantitative estimate of drug-likeness (QED) is 0.559. The molecule has 1 aromatic rings. The van der Waals surface area contributed by atoms with Crippen LogP contribution in [0.3, 0.4) is 0 Å². The lowest BCUT2D eigenvalue weighted by atomic mass is 10.2. The van der Waals surface area contributed by atoms with E-state index >= 15 is 0 Å². The Labute approximate surface area is 137 Å². The Hall–Kier alpha value is -2.50. The molecule has 0 radical (unpaired) electrons. The second-order valence-electron chi connectivity index (χ2n) is 4.87. The van der Waals surface area contributed by atoms with E-state index < -0.39 is 0 Å². The molecule has 0 bridgehead atoms. The van der Waals surface area contributed by atoms with Crippen molar-refractivity contribution in [2.24, 2.45) is 0 Å². The third-order valence-corrected chi connectivity index (χ3v) is 2.94. The van der Waals surface area contributed by atoms with Gasteiger partial charge in [0.2, 0.25) is 5.91 Å². The highest BCUT2D eigenvalue weighted by Crippen LogP contribution is 2.31. The van der Waals surface area contributed by atoms with Crippen LogP contribution in [0.25, 0.3) is 0 Å². The smallest absolute Gasteiger partial charge is 0.302 e. The fourth-order valence-electron chi connectivity index (χ4n) is 2.09. The topological polar surface area (TPSA) is 67.9 Å². The number of hydrogen-bond donors (Lipinski definition) is 1. The number of benzene rings is 1. The van der Waals surface area contributed by atoms with Gasteiger partial charge < -0.3 is 19.7 Å². The highest BCUT2D eigenvalue weighted by molar-refractivity contribution is 5.89. The molecule has 6 nitrogen and oxygen atoms in total. The van der Waals surface area contributed by atoms with Gasteiger partial charge in [-0.05, 0) is 25.1 Å². The van der Waals surface area contributed by atoms with Gasteiger partial charge >= 0.3 is 5.97 Å². The Bertz CT molecular complexity index is 558. The minimum Gasteiger partial charge on any atom is -0.492 e. The van der Waals surface area contributed by atoms with E-state index in [-0.39, 0.29) is 18.5 Å². The van der Waals surface area contributed by atoms with Crippen molar-refractivity contribution < 1.29 is 19.1 Å². The maximum absolute atomic E-state index is 11.2. The predicted molar refractivity (Wildman–Crippen MR) is 91.0 cm³/mol. The van der Waals surface area contributed by atoms with Crippen molar-refractivity contribution in [2.45, 2.75) is 20.8 Å². The van der Waals surface area contributed by atoms with E-state index in [1.807, 2.05) is 24.0 Å². The number of esters is 1. The number of rotatable bonds is 9. The Balaban J connectivity index is 3.05. The van der Waals surface area contributed by atoms with Gasteiger partial charge in [-0.25, -0.2) is 0 Å². The predicted octanol–water partition coefficient (Wildman–Crippen LogP) is 2.60. The van der Waals surface area contributed by atoms with E-state index in [2.05, 4.69) is 11.9 Å². The minimum absolute atomic E-state index is 0.143. The second-order valence-corrected chi connectivity index (χ2v) is 4.87. The molecule has 0 atom stereocenters. The third kappa shape index (κ3) is 6.42. The van der Waals surface area contributed by atoms with Crippen LogP contribution in [0, 0.1) is 0 Å². The average molecular weight is 320 g/mol. The molecule has 0 heterocycles. The molecule has 0 unspecified atom stereocenters. The van der Waals surface area contributed by atoms with Crippen LogP contribution in [0.2, 0.25) is 0 Å². The van der Waals surface area contributed by atoms with Crippen molar-refractivity contribution in [3.05, 3.63) is 30.9 Å². The maximum Gasteiger partial charge on any atom is 0.302 e. The largest absolute Gasteiger partial charge is 0.492 e. The van der Waals surface area contributed by atoms with Gasteiger partial charge in [0.25, 0.3) is 0 Å². The molecule has 0 spiro atoms. The summed E-state index contributed by atoms with van der Waals surface area (Å²) in [4.78, 5) is 24.2. The lowest BCUT2D eigenvalue weighted by Gasteiger charge is -2.26. The second kappa shape index (κ2) is 9.50. The van der Waals surface area contributed by atoms with Gasteiger partial charge in [0, 0.05) is 26.1 Å². The van der Waals surface area contributed by atoms with Gasteiger partial charge in [-0.15, -0.1) is 6.58 Å². The minimum atomic E-state index is -0.319. The summed E-state index contributed by atoms with van der Waals surface area (Å²) in [6.45, 7) is 10.3. The van der Waals surface area contributed by atoms with Gasteiger partial charge in [0.1, 0.15) is 12.4 Å². The fourth-order valence-corrected chi connectivity index (χ4v) is 2.09. The van der Waals surface area contributed by atoms with Crippen molar-refractivity contribution in [1.29, 1.82) is 0 Å². The first kappa shape index (κ1) is 18.5. The van der Waals surface area contributed by atoms with Crippen molar-refractivity contribution in [1.82, 2.24) is 0 Å². The Kier molecular flexibility index (Phi) is 7.66. The first-order valence-electron chi connectivity index (χ1n) is 7.51. The molecule has 0 saturated heterocycles. The van der Waals surface area contributed by atoms with E-state index in [1.54, 1.807) is 12.1 Å². The summed E-state index contributed by atoms with van der Waals surface area (Å²) < 4.78 is 10.7. The lowest BCUT2D eigenvalue weighted by Crippen LogP contribution is -2.28. The molecule has 1 rings (SSSR count). The first-order valence-corrected chi connectivity index (χ1v) is 7.51. The molecule has 1 aromatic carbocycles. The number of carbonyl (C=O) groups excluding carboxylic acids is 2. The van der Waals surface area contributed by atoms with Crippen LogP contribution < -0.4 is 15.0 Å². The zero-order valence-corrected chi connectivity index (χ0v) is 13.9. The van der Waals surface area contributed by atoms with Crippen molar-refractivity contribution in [3.8, 4) is 5.75 Å². The fraction of sp³-hybridized carbons (Fsp3) is 0.412. The van der Waals surface area contributed by atoms with Crippen LogP contribution in [0.4, 0.5) is 11.4 Å². The van der Waals surface area contributed by atoms with Crippen LogP contribution in [0.15, 0.2) is 30.9 Å². The molecule has 6 heteroatoms. The molecule has 0 aliphatic heterocycles. The summed E-state index contributed by atoms with van der Waals surface area (Å²) in [5.41, 5.74) is 1.49. The Morgan fingerprint density at radius 1 is 1.35 bits per heavy atom. The number of anilines is 2. The summed E-state index contributed by atoms with van der Waals surface area (Å²) >= 11 is 0. The van der Waals surface area contributed by atoms with Crippen molar-refractivity contribution >= 4 is 23.3 Å². The zero-order chi connectivity index (χ0) is 17.2. The molecule has 0 fully saturated rings. The number of nitrogens with one attached hydrogen (secondary N) is 1. The molecular formula is C17H24N2O4. The molecule has 1 N–H and O–H groups in total. The van der Waals surface area contributed by atoms with Gasteiger partial charge in [-0.1, -0.05) is 6.08 Å². The average Bonchev–Trinajstić information content (AvgIpc) is 2.47. The molecule has 0 saturated carbocycles. The van der Waals surface area contributed by atoms with E-state index in [4.69, 9.17) is 9.47 Å². The standard InChI is InChI=1S/C17H24N2O4/c1-5-9-19(10-11-23-14(4)21)16-12-15(18-13(3)20)7-8-17(16)22-6-2/h5,7-8,12H,1,6,9-11H2,2-4H3,(H,18,20). The maximum atomic E-state index is 11.2. The molecule has 23 heavy (non-hydrogen) atoms. The Morgan fingerprint density at radius 3 is 2.65 bits per heavy atom. The highest BCUT2D eigenvalue weighted by atomic mass is 16.5. The van der Waals surface area contributed by atoms with Gasteiger partial charge in [0.05, 0.1) is 18.8 Å². The number of amides is 1. The van der Waals surface area contributed by atoms with Crippen LogP contribution in [0.1, 0.15) is 20.8 Å². The molecule has 0 aliphatic carbocycles. The van der Waals surface area contributed by atoms with E-state index in [0.29, 0.717) is 31.1 Å². The van der Waals surface area contributed by atoms with Crippen LogP contribution in [-0.4, -0.2) is 38.2 Å². The Morgan fingerprint density at radius 2 is 2.09 bits per heavy atom. The number of nitrogens with zero attached hydrogens (tertiary/aromatic N) is 1. The SMILES string of the molecule is C=CCN(CCOC(C)=O)c1cc(NC(C)=O)ccc1OCC. The normalized spacial score (nSPS) is 9.87. The van der Waals surface area contributed by atoms with Crippen LogP contribution in [0.5, 0.6) is 5.75 Å². The molecule has 0 aliphatic rings. The van der Waals surface area contributed by atoms with Gasteiger partial charge in [-0.2, -0.15) is 0 Å². The van der Waals surface area contributed by atoms with Crippen LogP contribution in [-0.2, 0) is 14.3 Å². The number of ether oxygens (including phenoxy) is 2. The van der Waals surface area contributed by atoms with Crippen LogP contribution >= 0.6 is 0 Å². The van der Waals surface area contributed by atoms with Gasteiger partial charge in [0.15, 0.2) is 0 Å². The molecule has 0 aromatic heterocycles. The highest BCUT2D eigenvalue weighted by Gasteiger charge is 2.13. The summed E-state index contributed by atoms with van der Waals surface area (Å²) in [6.07, 6.45) is 1.76.